The predicted octanol–water partition coefficient (Wildman–Crippen LogP) is 2.81. The van der Waals surface area contributed by atoms with Crippen LogP contribution in [0.4, 0.5) is 0 Å². The number of nitrogens with one attached hydrogen (secondary N) is 1. The van der Waals surface area contributed by atoms with Crippen molar-refractivity contribution in [2.45, 2.75) is 6.42 Å². The molecule has 2 aromatic rings. The molecule has 100 valence electrons. The molecule has 1 aromatic carbocycles. The van der Waals surface area contributed by atoms with Gasteiger partial charge in [0.15, 0.2) is 0 Å². The number of amides is 1. The van der Waals surface area contributed by atoms with Gasteiger partial charge in [-0.3, -0.25) is 9.48 Å². The summed E-state index contributed by atoms with van der Waals surface area (Å²) >= 11 is 9.36. The first-order valence-corrected chi connectivity index (χ1v) is 6.96. The van der Waals surface area contributed by atoms with Crippen molar-refractivity contribution in [1.82, 2.24) is 15.1 Å². The highest BCUT2D eigenvalue weighted by atomic mass is 79.9. The van der Waals surface area contributed by atoms with Crippen LogP contribution in [0.3, 0.4) is 0 Å². The maximum Gasteiger partial charge on any atom is 0.252 e. The molecule has 0 unspecified atom stereocenters. The van der Waals surface area contributed by atoms with Gasteiger partial charge in [0, 0.05) is 30.7 Å². The highest BCUT2D eigenvalue weighted by Gasteiger charge is 2.11. The Morgan fingerprint density at radius 2 is 2.26 bits per heavy atom. The van der Waals surface area contributed by atoms with E-state index in [0.717, 1.165) is 5.69 Å². The highest BCUT2D eigenvalue weighted by Crippen LogP contribution is 2.25. The maximum atomic E-state index is 12.0. The van der Waals surface area contributed by atoms with Crippen molar-refractivity contribution in [2.75, 3.05) is 6.54 Å². The average Bonchev–Trinajstić information content (AvgIpc) is 2.78. The van der Waals surface area contributed by atoms with Gasteiger partial charge in [0.05, 0.1) is 16.3 Å². The van der Waals surface area contributed by atoms with Crippen LogP contribution in [0.5, 0.6) is 0 Å². The molecular formula is C13H13BrClN3O. The Kier molecular flexibility index (Phi) is 4.61. The molecule has 0 aliphatic rings. The van der Waals surface area contributed by atoms with Crippen molar-refractivity contribution in [1.29, 1.82) is 0 Å². The van der Waals surface area contributed by atoms with Crippen LogP contribution in [0.2, 0.25) is 5.02 Å². The number of hydrogen-bond donors (Lipinski definition) is 1. The van der Waals surface area contributed by atoms with Gasteiger partial charge in [0.2, 0.25) is 0 Å². The number of carbonyl (C=O) groups is 1. The Labute approximate surface area is 124 Å². The van der Waals surface area contributed by atoms with E-state index in [0.29, 0.717) is 28.0 Å². The van der Waals surface area contributed by atoms with E-state index in [2.05, 4.69) is 26.3 Å². The zero-order valence-corrected chi connectivity index (χ0v) is 12.7. The predicted molar refractivity (Wildman–Crippen MR) is 78.4 cm³/mol. The van der Waals surface area contributed by atoms with Crippen molar-refractivity contribution < 1.29 is 4.79 Å². The van der Waals surface area contributed by atoms with Gasteiger partial charge in [-0.2, -0.15) is 5.10 Å². The number of benzene rings is 1. The zero-order valence-electron chi connectivity index (χ0n) is 10.4. The van der Waals surface area contributed by atoms with Crippen LogP contribution in [-0.4, -0.2) is 22.2 Å². The van der Waals surface area contributed by atoms with E-state index < -0.39 is 0 Å². The molecule has 1 N–H and O–H groups in total. The Bertz CT molecular complexity index is 597. The van der Waals surface area contributed by atoms with E-state index in [-0.39, 0.29) is 5.91 Å². The fourth-order valence-electron chi connectivity index (χ4n) is 1.67. The summed E-state index contributed by atoms with van der Waals surface area (Å²) in [6.45, 7) is 0.526. The van der Waals surface area contributed by atoms with E-state index in [4.69, 9.17) is 11.6 Å². The topological polar surface area (TPSA) is 46.9 Å². The summed E-state index contributed by atoms with van der Waals surface area (Å²) < 4.78 is 2.45. The fraction of sp³-hybridized carbons (Fsp3) is 0.231. The minimum Gasteiger partial charge on any atom is -0.352 e. The van der Waals surface area contributed by atoms with Crippen molar-refractivity contribution in [3.05, 3.63) is 51.2 Å². The number of aryl methyl sites for hydroxylation is 1. The lowest BCUT2D eigenvalue weighted by atomic mass is 10.2. The van der Waals surface area contributed by atoms with Gasteiger partial charge in [0.1, 0.15) is 0 Å². The SMILES string of the molecule is Cn1ccc(CCNC(=O)c2cccc(Br)c2Cl)n1. The smallest absolute Gasteiger partial charge is 0.252 e. The van der Waals surface area contributed by atoms with Crippen LogP contribution >= 0.6 is 27.5 Å². The summed E-state index contributed by atoms with van der Waals surface area (Å²) in [5.41, 5.74) is 1.42. The van der Waals surface area contributed by atoms with Crippen LogP contribution < -0.4 is 5.32 Å². The Balaban J connectivity index is 1.93. The average molecular weight is 343 g/mol. The number of halogens is 2. The van der Waals surface area contributed by atoms with Gasteiger partial charge < -0.3 is 5.32 Å². The molecule has 0 aliphatic carbocycles. The Hall–Kier alpha value is -1.33. The first kappa shape index (κ1) is 14.1. The molecule has 1 amide bonds. The molecule has 0 bridgehead atoms. The summed E-state index contributed by atoms with van der Waals surface area (Å²) in [5.74, 6) is -0.178. The summed E-state index contributed by atoms with van der Waals surface area (Å²) in [5, 5.41) is 7.50. The molecule has 2 rings (SSSR count). The zero-order chi connectivity index (χ0) is 13.8. The number of hydrogen-bond acceptors (Lipinski definition) is 2. The summed E-state index contributed by atoms with van der Waals surface area (Å²) in [4.78, 5) is 12.0. The second-order valence-electron chi connectivity index (χ2n) is 4.09. The molecular weight excluding hydrogens is 330 g/mol. The van der Waals surface area contributed by atoms with E-state index in [1.165, 1.54) is 0 Å². The molecule has 0 spiro atoms. The minimum absolute atomic E-state index is 0.178. The quantitative estimate of drug-likeness (QED) is 0.929. The van der Waals surface area contributed by atoms with E-state index in [1.54, 1.807) is 22.9 Å². The van der Waals surface area contributed by atoms with Crippen molar-refractivity contribution in [2.24, 2.45) is 7.05 Å². The number of aromatic nitrogens is 2. The minimum atomic E-state index is -0.178. The first-order chi connectivity index (χ1) is 9.08. The second-order valence-corrected chi connectivity index (χ2v) is 5.32. The molecule has 0 fully saturated rings. The third-order valence-electron chi connectivity index (χ3n) is 2.63. The van der Waals surface area contributed by atoms with Crippen LogP contribution in [0.1, 0.15) is 16.1 Å². The molecule has 0 radical (unpaired) electrons. The Morgan fingerprint density at radius 3 is 2.95 bits per heavy atom. The molecule has 1 heterocycles. The summed E-state index contributed by atoms with van der Waals surface area (Å²) in [7, 11) is 1.86. The van der Waals surface area contributed by atoms with Gasteiger partial charge in [-0.1, -0.05) is 17.7 Å². The van der Waals surface area contributed by atoms with Gasteiger partial charge in [-0.15, -0.1) is 0 Å². The standard InChI is InChI=1S/C13H13BrClN3O/c1-18-8-6-9(17-18)5-7-16-13(19)10-3-2-4-11(14)12(10)15/h2-4,6,8H,5,7H2,1H3,(H,16,19). The summed E-state index contributed by atoms with van der Waals surface area (Å²) in [6, 6.07) is 7.21. The van der Waals surface area contributed by atoms with Crippen LogP contribution in [0.15, 0.2) is 34.9 Å². The van der Waals surface area contributed by atoms with Crippen molar-refractivity contribution >= 4 is 33.4 Å². The molecule has 0 atom stereocenters. The third kappa shape index (κ3) is 3.58. The third-order valence-corrected chi connectivity index (χ3v) is 3.93. The number of carbonyl (C=O) groups excluding carboxylic acids is 1. The molecule has 0 saturated carbocycles. The van der Waals surface area contributed by atoms with Gasteiger partial charge >= 0.3 is 0 Å². The van der Waals surface area contributed by atoms with E-state index in [1.807, 2.05) is 19.3 Å². The molecule has 1 aromatic heterocycles. The molecule has 6 heteroatoms. The highest BCUT2D eigenvalue weighted by molar-refractivity contribution is 9.10. The molecule has 4 nitrogen and oxygen atoms in total. The molecule has 19 heavy (non-hydrogen) atoms. The van der Waals surface area contributed by atoms with Gasteiger partial charge in [-0.05, 0) is 34.1 Å². The largest absolute Gasteiger partial charge is 0.352 e. The number of nitrogens with zero attached hydrogens (tertiary/aromatic N) is 2. The first-order valence-electron chi connectivity index (χ1n) is 5.78. The lowest BCUT2D eigenvalue weighted by Crippen LogP contribution is -2.26. The van der Waals surface area contributed by atoms with Crippen LogP contribution in [0, 0.1) is 0 Å². The lowest BCUT2D eigenvalue weighted by Gasteiger charge is -2.06. The van der Waals surface area contributed by atoms with E-state index >= 15 is 0 Å². The van der Waals surface area contributed by atoms with Crippen molar-refractivity contribution in [3.63, 3.8) is 0 Å². The number of rotatable bonds is 4. The summed E-state index contributed by atoms with van der Waals surface area (Å²) in [6.07, 6.45) is 2.57. The lowest BCUT2D eigenvalue weighted by molar-refractivity contribution is 0.0954. The normalized spacial score (nSPS) is 10.5. The van der Waals surface area contributed by atoms with Crippen molar-refractivity contribution in [3.8, 4) is 0 Å². The monoisotopic (exact) mass is 341 g/mol. The maximum absolute atomic E-state index is 12.0. The fourth-order valence-corrected chi connectivity index (χ4v) is 2.25. The second kappa shape index (κ2) is 6.21. The van der Waals surface area contributed by atoms with Crippen LogP contribution in [-0.2, 0) is 13.5 Å². The molecule has 0 saturated heterocycles. The Morgan fingerprint density at radius 1 is 1.47 bits per heavy atom. The van der Waals surface area contributed by atoms with Gasteiger partial charge in [-0.25, -0.2) is 0 Å². The molecule has 0 aliphatic heterocycles. The van der Waals surface area contributed by atoms with Gasteiger partial charge in [0.25, 0.3) is 5.91 Å². The van der Waals surface area contributed by atoms with E-state index in [9.17, 15) is 4.79 Å². The van der Waals surface area contributed by atoms with Crippen LogP contribution in [0.25, 0.3) is 0 Å².